The normalized spacial score (nSPS) is 21.4. The van der Waals surface area contributed by atoms with Gasteiger partial charge in [0, 0.05) is 25.7 Å². The Kier molecular flexibility index (Phi) is 6.39. The number of amides is 3. The summed E-state index contributed by atoms with van der Waals surface area (Å²) in [5.74, 6) is 1.55. The van der Waals surface area contributed by atoms with Gasteiger partial charge in [-0.05, 0) is 60.4 Å². The maximum atomic E-state index is 12.8. The zero-order valence-corrected chi connectivity index (χ0v) is 18.1. The van der Waals surface area contributed by atoms with Crippen LogP contribution in [0.1, 0.15) is 44.6 Å². The molecule has 1 fully saturated rings. The van der Waals surface area contributed by atoms with Crippen molar-refractivity contribution in [2.24, 2.45) is 11.8 Å². The highest BCUT2D eigenvalue weighted by molar-refractivity contribution is 5.93. The molecule has 2 N–H and O–H groups in total. The first-order chi connectivity index (χ1) is 15.0. The molecule has 3 amide bonds. The van der Waals surface area contributed by atoms with Crippen LogP contribution in [0.4, 0.5) is 16.2 Å². The number of carbonyl (C=O) groups excluding carboxylic acids is 2. The largest absolute Gasteiger partial charge is 0.491 e. The van der Waals surface area contributed by atoms with Gasteiger partial charge in [-0.1, -0.05) is 19.9 Å². The van der Waals surface area contributed by atoms with E-state index in [1.807, 2.05) is 23.1 Å². The number of carbonyl (C=O) groups is 2. The Morgan fingerprint density at radius 1 is 1.26 bits per heavy atom. The molecule has 2 aliphatic rings. The maximum Gasteiger partial charge on any atom is 0.321 e. The molecule has 0 aliphatic carbocycles. The molecule has 1 saturated heterocycles. The Morgan fingerprint density at radius 3 is 2.90 bits per heavy atom. The highest BCUT2D eigenvalue weighted by Crippen LogP contribution is 2.34. The molecule has 0 spiro atoms. The van der Waals surface area contributed by atoms with Crippen LogP contribution in [0, 0.1) is 11.8 Å². The molecular weight excluding hydrogens is 392 g/mol. The number of nitrogens with one attached hydrogen (secondary N) is 2. The summed E-state index contributed by atoms with van der Waals surface area (Å²) in [6.45, 7) is 6.08. The van der Waals surface area contributed by atoms with Crippen LogP contribution in [0.15, 0.2) is 42.7 Å². The first-order valence-electron chi connectivity index (χ1n) is 11.0. The fourth-order valence-electron chi connectivity index (χ4n) is 4.39. The number of hydrogen-bond acceptors (Lipinski definition) is 4. The number of likely N-dealkylation sites (tertiary alicyclic amines) is 1. The topological polar surface area (TPSA) is 83.6 Å². The average molecular weight is 423 g/mol. The van der Waals surface area contributed by atoms with E-state index in [2.05, 4.69) is 35.5 Å². The Labute approximate surface area is 183 Å². The van der Waals surface area contributed by atoms with Crippen molar-refractivity contribution in [3.05, 3.63) is 48.3 Å². The van der Waals surface area contributed by atoms with E-state index in [4.69, 9.17) is 4.74 Å². The summed E-state index contributed by atoms with van der Waals surface area (Å²) in [5, 5.41) is 5.97. The number of benzene rings is 1. The Morgan fingerprint density at radius 2 is 2.13 bits per heavy atom. The van der Waals surface area contributed by atoms with Crippen LogP contribution in [0.3, 0.4) is 0 Å². The number of pyridine rings is 1. The first kappa shape index (κ1) is 21.2. The van der Waals surface area contributed by atoms with Crippen LogP contribution in [-0.2, 0) is 4.79 Å². The maximum absolute atomic E-state index is 12.8. The van der Waals surface area contributed by atoms with Gasteiger partial charge in [-0.25, -0.2) is 4.79 Å². The third kappa shape index (κ3) is 5.16. The van der Waals surface area contributed by atoms with Gasteiger partial charge in [0.2, 0.25) is 5.91 Å². The van der Waals surface area contributed by atoms with Crippen molar-refractivity contribution in [2.45, 2.75) is 39.0 Å². The van der Waals surface area contributed by atoms with Gasteiger partial charge in [0.15, 0.2) is 0 Å². The second kappa shape index (κ2) is 9.37. The molecule has 1 aromatic carbocycles. The smallest absolute Gasteiger partial charge is 0.321 e. The summed E-state index contributed by atoms with van der Waals surface area (Å²) in [6.07, 6.45) is 5.38. The molecular formula is C24H30N4O3. The molecule has 1 aromatic heterocycles. The highest BCUT2D eigenvalue weighted by atomic mass is 16.5. The third-order valence-electron chi connectivity index (χ3n) is 6.23. The van der Waals surface area contributed by atoms with E-state index in [0.717, 1.165) is 18.5 Å². The molecule has 0 radical (unpaired) electrons. The van der Waals surface area contributed by atoms with Gasteiger partial charge in [0.05, 0.1) is 24.2 Å². The van der Waals surface area contributed by atoms with E-state index in [0.29, 0.717) is 43.5 Å². The monoisotopic (exact) mass is 422 g/mol. The van der Waals surface area contributed by atoms with Gasteiger partial charge in [-0.15, -0.1) is 0 Å². The van der Waals surface area contributed by atoms with E-state index in [1.165, 1.54) is 5.56 Å². The molecule has 3 heterocycles. The first-order valence-corrected chi connectivity index (χ1v) is 11.0. The number of piperidine rings is 1. The lowest BCUT2D eigenvalue weighted by atomic mass is 9.81. The number of rotatable bonds is 2. The van der Waals surface area contributed by atoms with Gasteiger partial charge in [0.25, 0.3) is 0 Å². The van der Waals surface area contributed by atoms with Gasteiger partial charge < -0.3 is 20.3 Å². The van der Waals surface area contributed by atoms with Crippen molar-refractivity contribution in [2.75, 3.05) is 30.3 Å². The lowest BCUT2D eigenvalue weighted by Gasteiger charge is -2.39. The van der Waals surface area contributed by atoms with E-state index in [-0.39, 0.29) is 23.8 Å². The number of nitrogens with zero attached hydrogens (tertiary/aromatic N) is 2. The van der Waals surface area contributed by atoms with Crippen molar-refractivity contribution in [1.29, 1.82) is 0 Å². The predicted molar refractivity (Wildman–Crippen MR) is 120 cm³/mol. The molecule has 7 heteroatoms. The molecule has 0 unspecified atom stereocenters. The van der Waals surface area contributed by atoms with Crippen LogP contribution in [0.5, 0.6) is 5.75 Å². The molecule has 2 aromatic rings. The Balaban J connectivity index is 1.44. The highest BCUT2D eigenvalue weighted by Gasteiger charge is 2.33. The van der Waals surface area contributed by atoms with Crippen LogP contribution in [0.2, 0.25) is 0 Å². The Bertz CT molecular complexity index is 932. The van der Waals surface area contributed by atoms with E-state index >= 15 is 0 Å². The van der Waals surface area contributed by atoms with Crippen molar-refractivity contribution in [1.82, 2.24) is 9.88 Å². The number of urea groups is 1. The molecule has 0 bridgehead atoms. The third-order valence-corrected chi connectivity index (χ3v) is 6.23. The summed E-state index contributed by atoms with van der Waals surface area (Å²) in [7, 11) is 0. The second-order valence-electron chi connectivity index (χ2n) is 8.73. The van der Waals surface area contributed by atoms with Crippen LogP contribution >= 0.6 is 0 Å². The molecule has 31 heavy (non-hydrogen) atoms. The standard InChI is InChI=1S/C24H30N4O3/c1-16(2)17-5-6-22-21(12-17)27-23(29)13-18-7-10-28(15-19(18)8-11-31-22)24(30)26-20-4-3-9-25-14-20/h3-6,9,12,14,16,18-19H,7-8,10-11,13,15H2,1-2H3,(H,26,30)(H,27,29)/t18-,19-/m0/s1. The zero-order valence-electron chi connectivity index (χ0n) is 18.1. The molecule has 2 aliphatic heterocycles. The summed E-state index contributed by atoms with van der Waals surface area (Å²) in [4.78, 5) is 31.4. The summed E-state index contributed by atoms with van der Waals surface area (Å²) >= 11 is 0. The minimum Gasteiger partial charge on any atom is -0.491 e. The molecule has 0 saturated carbocycles. The SMILES string of the molecule is CC(C)c1ccc2c(c1)NC(=O)C[C@@H]1CCN(C(=O)Nc3cccnc3)C[C@@H]1CCO2. The lowest BCUT2D eigenvalue weighted by Crippen LogP contribution is -2.46. The van der Waals surface area contributed by atoms with Gasteiger partial charge >= 0.3 is 6.03 Å². The van der Waals surface area contributed by atoms with Gasteiger partial charge in [-0.2, -0.15) is 0 Å². The van der Waals surface area contributed by atoms with Crippen molar-refractivity contribution >= 4 is 23.3 Å². The molecule has 7 nitrogen and oxygen atoms in total. The minimum absolute atomic E-state index is 0.0101. The zero-order chi connectivity index (χ0) is 21.8. The van der Waals surface area contributed by atoms with Gasteiger partial charge in [-0.3, -0.25) is 9.78 Å². The van der Waals surface area contributed by atoms with E-state index in [9.17, 15) is 9.59 Å². The van der Waals surface area contributed by atoms with E-state index in [1.54, 1.807) is 18.5 Å². The average Bonchev–Trinajstić information content (AvgIpc) is 2.76. The quantitative estimate of drug-likeness (QED) is 0.747. The number of fused-ring (bicyclic) bond motifs is 2. The van der Waals surface area contributed by atoms with Crippen LogP contribution in [0.25, 0.3) is 0 Å². The number of anilines is 2. The second-order valence-corrected chi connectivity index (χ2v) is 8.73. The van der Waals surface area contributed by atoms with Crippen molar-refractivity contribution in [3.63, 3.8) is 0 Å². The van der Waals surface area contributed by atoms with Crippen molar-refractivity contribution in [3.8, 4) is 5.75 Å². The predicted octanol–water partition coefficient (Wildman–Crippen LogP) is 4.49. The summed E-state index contributed by atoms with van der Waals surface area (Å²) in [6, 6.07) is 9.50. The minimum atomic E-state index is -0.125. The lowest BCUT2D eigenvalue weighted by molar-refractivity contribution is -0.118. The summed E-state index contributed by atoms with van der Waals surface area (Å²) in [5.41, 5.74) is 2.61. The fourth-order valence-corrected chi connectivity index (χ4v) is 4.39. The van der Waals surface area contributed by atoms with Crippen molar-refractivity contribution < 1.29 is 14.3 Å². The number of aromatic nitrogens is 1. The molecule has 164 valence electrons. The van der Waals surface area contributed by atoms with E-state index < -0.39 is 0 Å². The number of ether oxygens (including phenoxy) is 1. The fraction of sp³-hybridized carbons (Fsp3) is 0.458. The van der Waals surface area contributed by atoms with Gasteiger partial charge in [0.1, 0.15) is 5.75 Å². The van der Waals surface area contributed by atoms with Crippen LogP contribution in [-0.4, -0.2) is 41.5 Å². The molecule has 2 atom stereocenters. The molecule has 4 rings (SSSR count). The summed E-state index contributed by atoms with van der Waals surface area (Å²) < 4.78 is 6.05. The number of hydrogen-bond donors (Lipinski definition) is 2. The van der Waals surface area contributed by atoms with Crippen LogP contribution < -0.4 is 15.4 Å². The Hall–Kier alpha value is -3.09.